The Kier molecular flexibility index (Phi) is 6.41. The van der Waals surface area contributed by atoms with Crippen LogP contribution in [0, 0.1) is 0 Å². The maximum absolute atomic E-state index is 13.0. The first-order chi connectivity index (χ1) is 15.5. The number of hydrogen-bond donors (Lipinski definition) is 2. The Bertz CT molecular complexity index is 1140. The molecule has 2 N–H and O–H groups in total. The number of aromatic amines is 1. The molecule has 1 aromatic heterocycles. The molecule has 4 rings (SSSR count). The number of nitrogens with one attached hydrogen (secondary N) is 1. The van der Waals surface area contributed by atoms with Gasteiger partial charge in [-0.15, -0.1) is 0 Å². The summed E-state index contributed by atoms with van der Waals surface area (Å²) in [6, 6.07) is 13.5. The van der Waals surface area contributed by atoms with Crippen LogP contribution >= 0.6 is 15.9 Å². The molecule has 0 spiro atoms. The van der Waals surface area contributed by atoms with Crippen LogP contribution in [0.5, 0.6) is 5.75 Å². The molecule has 0 saturated carbocycles. The van der Waals surface area contributed by atoms with Crippen molar-refractivity contribution in [3.8, 4) is 5.75 Å². The van der Waals surface area contributed by atoms with Crippen molar-refractivity contribution >= 4 is 33.4 Å². The van der Waals surface area contributed by atoms with Crippen LogP contribution in [0.25, 0.3) is 5.76 Å². The highest BCUT2D eigenvalue weighted by Gasteiger charge is 2.45. The normalized spacial score (nSPS) is 17.7. The van der Waals surface area contributed by atoms with Crippen molar-refractivity contribution < 1.29 is 24.0 Å². The number of hydrogen-bond acceptors (Lipinski definition) is 4. The molecule has 8 heteroatoms. The van der Waals surface area contributed by atoms with Crippen LogP contribution in [0.2, 0.25) is 0 Å². The molecule has 164 valence electrons. The van der Waals surface area contributed by atoms with Gasteiger partial charge in [-0.1, -0.05) is 40.2 Å². The zero-order chi connectivity index (χ0) is 22.7. The lowest BCUT2D eigenvalue weighted by Gasteiger charge is -2.25. The number of halogens is 1. The van der Waals surface area contributed by atoms with Crippen molar-refractivity contribution in [3.63, 3.8) is 0 Å². The van der Waals surface area contributed by atoms with Gasteiger partial charge in [-0.05, 0) is 29.8 Å². The predicted octanol–water partition coefficient (Wildman–Crippen LogP) is 3.59. The summed E-state index contributed by atoms with van der Waals surface area (Å²) in [5, 5.41) is 11.1. The average Bonchev–Trinajstić information content (AvgIpc) is 3.41. The molecule has 0 radical (unpaired) electrons. The summed E-state index contributed by atoms with van der Waals surface area (Å²) in [4.78, 5) is 30.6. The van der Waals surface area contributed by atoms with Gasteiger partial charge in [-0.25, -0.2) is 4.57 Å². The monoisotopic (exact) mass is 496 g/mol. The summed E-state index contributed by atoms with van der Waals surface area (Å²) < 4.78 is 8.07. The molecule has 2 aromatic carbocycles. The first-order valence-corrected chi connectivity index (χ1v) is 11.0. The molecular weight excluding hydrogens is 474 g/mol. The summed E-state index contributed by atoms with van der Waals surface area (Å²) in [5.74, 6) is -0.800. The van der Waals surface area contributed by atoms with Gasteiger partial charge < -0.3 is 14.7 Å². The zero-order valence-corrected chi connectivity index (χ0v) is 19.1. The summed E-state index contributed by atoms with van der Waals surface area (Å²) in [6.45, 7) is 1.06. The number of ketones is 1. The molecule has 2 heterocycles. The van der Waals surface area contributed by atoms with E-state index in [4.69, 9.17) is 4.74 Å². The number of carbonyl (C=O) groups is 2. The Morgan fingerprint density at radius 2 is 1.88 bits per heavy atom. The van der Waals surface area contributed by atoms with E-state index in [9.17, 15) is 14.7 Å². The molecule has 32 heavy (non-hydrogen) atoms. The number of imidazole rings is 1. The fourth-order valence-electron chi connectivity index (χ4n) is 3.89. The summed E-state index contributed by atoms with van der Waals surface area (Å²) in [6.07, 6.45) is 6.22. The molecule has 1 unspecified atom stereocenters. The van der Waals surface area contributed by atoms with Gasteiger partial charge in [-0.2, -0.15) is 0 Å². The largest absolute Gasteiger partial charge is 0.507 e. The molecule has 0 bridgehead atoms. The van der Waals surface area contributed by atoms with E-state index in [0.717, 1.165) is 10.0 Å². The summed E-state index contributed by atoms with van der Waals surface area (Å²) >= 11 is 3.37. The van der Waals surface area contributed by atoms with Gasteiger partial charge in [-0.3, -0.25) is 14.6 Å². The van der Waals surface area contributed by atoms with Crippen molar-refractivity contribution in [3.05, 3.63) is 88.4 Å². The highest BCUT2D eigenvalue weighted by Crippen LogP contribution is 2.40. The van der Waals surface area contributed by atoms with Crippen molar-refractivity contribution in [1.29, 1.82) is 0 Å². The first-order valence-electron chi connectivity index (χ1n) is 10.2. The number of carbonyl (C=O) groups excluding carboxylic acids is 2. The van der Waals surface area contributed by atoms with Gasteiger partial charge in [0.25, 0.3) is 11.7 Å². The highest BCUT2D eigenvalue weighted by atomic mass is 79.9. The number of H-pyrrole nitrogens is 1. The van der Waals surface area contributed by atoms with Crippen molar-refractivity contribution in [1.82, 2.24) is 9.88 Å². The Balaban J connectivity index is 1.72. The third-order valence-corrected chi connectivity index (χ3v) is 6.04. The second-order valence-corrected chi connectivity index (χ2v) is 8.39. The third-order valence-electron chi connectivity index (χ3n) is 5.51. The van der Waals surface area contributed by atoms with Gasteiger partial charge in [0.15, 0.2) is 0 Å². The maximum atomic E-state index is 13.0. The van der Waals surface area contributed by atoms with Crippen molar-refractivity contribution in [2.24, 2.45) is 0 Å². The first kappa shape index (κ1) is 21.8. The smallest absolute Gasteiger partial charge is 0.295 e. The van der Waals surface area contributed by atoms with E-state index in [1.807, 2.05) is 35.4 Å². The Morgan fingerprint density at radius 3 is 2.50 bits per heavy atom. The number of aliphatic hydroxyl groups excluding tert-OH is 1. The van der Waals surface area contributed by atoms with Crippen LogP contribution in [0.4, 0.5) is 0 Å². The van der Waals surface area contributed by atoms with Crippen molar-refractivity contribution in [2.45, 2.75) is 19.0 Å². The van der Waals surface area contributed by atoms with Crippen molar-refractivity contribution in [2.75, 3.05) is 13.7 Å². The number of methoxy groups -OCH3 is 1. The number of Topliss-reactive ketones (excluding diaryl/α,β-unsaturated/α-hetero) is 1. The van der Waals surface area contributed by atoms with E-state index in [-0.39, 0.29) is 11.3 Å². The van der Waals surface area contributed by atoms with E-state index < -0.39 is 17.7 Å². The Labute approximate surface area is 194 Å². The minimum atomic E-state index is -0.680. The van der Waals surface area contributed by atoms with Crippen LogP contribution in [-0.2, 0) is 16.1 Å². The van der Waals surface area contributed by atoms with E-state index in [0.29, 0.717) is 30.8 Å². The highest BCUT2D eigenvalue weighted by molar-refractivity contribution is 9.10. The third kappa shape index (κ3) is 4.31. The number of aryl methyl sites for hydroxylation is 1. The minimum absolute atomic E-state index is 0.0942. The topological polar surface area (TPSA) is 86.5 Å². The SMILES string of the molecule is COc1ccc(C2C(=C(O)c3ccc(Br)cc3)C(=O)C(=O)N2CCC[n+]2cc[nH]c2)cc1. The Morgan fingerprint density at radius 1 is 1.16 bits per heavy atom. The molecule has 1 amide bonds. The molecule has 3 aromatic rings. The Hall–Kier alpha value is -3.39. The standard InChI is InChI=1S/C24H22BrN3O4/c1-32-19-9-5-16(6-10-19)21-20(22(29)17-3-7-18(25)8-4-17)23(30)24(31)28(21)13-2-12-27-14-11-26-15-27/h3-11,14-15,21H,2,12-13H2,1H3,(H,29,30)/p+1. The summed E-state index contributed by atoms with van der Waals surface area (Å²) in [7, 11) is 1.58. The molecule has 1 fully saturated rings. The second-order valence-electron chi connectivity index (χ2n) is 7.48. The average molecular weight is 497 g/mol. The van der Waals surface area contributed by atoms with E-state index in [1.165, 1.54) is 0 Å². The lowest BCUT2D eigenvalue weighted by molar-refractivity contribution is -0.695. The number of aliphatic hydroxyl groups is 1. The van der Waals surface area contributed by atoms with E-state index in [1.54, 1.807) is 48.4 Å². The van der Waals surface area contributed by atoms with E-state index >= 15 is 0 Å². The quantitative estimate of drug-likeness (QED) is 0.226. The fraction of sp³-hybridized carbons (Fsp3) is 0.208. The number of rotatable bonds is 7. The van der Waals surface area contributed by atoms with Gasteiger partial charge >= 0.3 is 0 Å². The van der Waals surface area contributed by atoms with Crippen LogP contribution in [-0.4, -0.2) is 40.3 Å². The zero-order valence-electron chi connectivity index (χ0n) is 17.5. The van der Waals surface area contributed by atoms with Crippen LogP contribution in [0.3, 0.4) is 0 Å². The van der Waals surface area contributed by atoms with Gasteiger partial charge in [0.1, 0.15) is 23.9 Å². The second kappa shape index (κ2) is 9.40. The number of likely N-dealkylation sites (tertiary alicyclic amines) is 1. The van der Waals surface area contributed by atoms with Crippen LogP contribution < -0.4 is 9.30 Å². The van der Waals surface area contributed by atoms with Gasteiger partial charge in [0.05, 0.1) is 25.3 Å². The number of amides is 1. The molecular formula is C24H23BrN3O4+. The van der Waals surface area contributed by atoms with Crippen LogP contribution in [0.1, 0.15) is 23.6 Å². The van der Waals surface area contributed by atoms with Gasteiger partial charge in [0.2, 0.25) is 6.33 Å². The number of benzene rings is 2. The number of aromatic nitrogens is 2. The lowest BCUT2D eigenvalue weighted by atomic mass is 9.95. The van der Waals surface area contributed by atoms with Gasteiger partial charge in [0, 0.05) is 23.0 Å². The molecule has 1 aliphatic rings. The fourth-order valence-corrected chi connectivity index (χ4v) is 4.15. The summed E-state index contributed by atoms with van der Waals surface area (Å²) in [5.41, 5.74) is 1.31. The lowest BCUT2D eigenvalue weighted by Crippen LogP contribution is -2.36. The molecule has 1 saturated heterocycles. The van der Waals surface area contributed by atoms with E-state index in [2.05, 4.69) is 20.9 Å². The minimum Gasteiger partial charge on any atom is -0.507 e. The van der Waals surface area contributed by atoms with Crippen LogP contribution in [0.15, 0.2) is 77.3 Å². The number of ether oxygens (including phenoxy) is 1. The number of nitrogens with zero attached hydrogens (tertiary/aromatic N) is 2. The molecule has 0 aliphatic carbocycles. The molecule has 1 atom stereocenters. The maximum Gasteiger partial charge on any atom is 0.295 e. The molecule has 7 nitrogen and oxygen atoms in total. The predicted molar refractivity (Wildman–Crippen MR) is 122 cm³/mol. The molecule has 1 aliphatic heterocycles.